The molecule has 1 aliphatic carbocycles. The Hall–Kier alpha value is -1.56. The molecule has 2 N–H and O–H groups in total. The fraction of sp³-hybridized carbons (Fsp3) is 0.385. The molecule has 1 saturated heterocycles. The first kappa shape index (κ1) is 12.5. The van der Waals surface area contributed by atoms with Gasteiger partial charge in [-0.15, -0.1) is 0 Å². The maximum absolute atomic E-state index is 12.0. The van der Waals surface area contributed by atoms with Crippen LogP contribution in [0.5, 0.6) is 5.75 Å². The Morgan fingerprint density at radius 1 is 1.47 bits per heavy atom. The summed E-state index contributed by atoms with van der Waals surface area (Å²) in [6.45, 7) is 0. The average Bonchev–Trinajstić information content (AvgIpc) is 3.15. The van der Waals surface area contributed by atoms with Crippen molar-refractivity contribution in [1.29, 1.82) is 5.41 Å². The number of amides is 2. The average molecular weight is 324 g/mol. The van der Waals surface area contributed by atoms with Crippen LogP contribution in [0.4, 0.5) is 4.79 Å². The van der Waals surface area contributed by atoms with Crippen molar-refractivity contribution in [2.75, 3.05) is 7.11 Å². The molecule has 3 rings (SSSR count). The van der Waals surface area contributed by atoms with Crippen LogP contribution in [0.1, 0.15) is 24.4 Å². The van der Waals surface area contributed by atoms with Gasteiger partial charge in [0.15, 0.2) is 0 Å². The fourth-order valence-corrected chi connectivity index (χ4v) is 2.84. The van der Waals surface area contributed by atoms with Crippen molar-refractivity contribution >= 4 is 27.8 Å². The van der Waals surface area contributed by atoms with E-state index in [-0.39, 0.29) is 24.0 Å². The van der Waals surface area contributed by atoms with Gasteiger partial charge in [-0.25, -0.2) is 4.79 Å². The third-order valence-electron chi connectivity index (χ3n) is 3.45. The molecule has 19 heavy (non-hydrogen) atoms. The fourth-order valence-electron chi connectivity index (χ4n) is 2.46. The predicted octanol–water partition coefficient (Wildman–Crippen LogP) is 2.66. The maximum atomic E-state index is 12.0. The van der Waals surface area contributed by atoms with Crippen molar-refractivity contribution in [3.8, 4) is 5.75 Å². The second kappa shape index (κ2) is 4.52. The van der Waals surface area contributed by atoms with E-state index in [1.54, 1.807) is 12.0 Å². The molecule has 2 aliphatic rings. The van der Waals surface area contributed by atoms with E-state index in [9.17, 15) is 4.79 Å². The van der Waals surface area contributed by atoms with Crippen LogP contribution in [0.3, 0.4) is 0 Å². The quantitative estimate of drug-likeness (QED) is 0.898. The van der Waals surface area contributed by atoms with E-state index in [1.165, 1.54) is 0 Å². The number of hydrogen-bond acceptors (Lipinski definition) is 3. The summed E-state index contributed by atoms with van der Waals surface area (Å²) < 4.78 is 6.27. The van der Waals surface area contributed by atoms with Gasteiger partial charge in [0.05, 0.1) is 7.11 Å². The molecule has 0 radical (unpaired) electrons. The SMILES string of the molecule is COc1ccc(Br)cc1C1C(=N)NC(=O)N1C1CC1. The van der Waals surface area contributed by atoms with Gasteiger partial charge in [0, 0.05) is 16.1 Å². The first-order valence-electron chi connectivity index (χ1n) is 6.13. The molecule has 1 aromatic carbocycles. The first-order valence-corrected chi connectivity index (χ1v) is 6.92. The lowest BCUT2D eigenvalue weighted by molar-refractivity contribution is 0.202. The van der Waals surface area contributed by atoms with Gasteiger partial charge in [-0.05, 0) is 31.0 Å². The van der Waals surface area contributed by atoms with Crippen molar-refractivity contribution in [1.82, 2.24) is 10.2 Å². The summed E-state index contributed by atoms with van der Waals surface area (Å²) in [6, 6.07) is 5.34. The lowest BCUT2D eigenvalue weighted by atomic mass is 10.0. The summed E-state index contributed by atoms with van der Waals surface area (Å²) in [4.78, 5) is 13.7. The minimum absolute atomic E-state index is 0.181. The summed E-state index contributed by atoms with van der Waals surface area (Å²) in [5.41, 5.74) is 0.840. The highest BCUT2D eigenvalue weighted by Crippen LogP contribution is 2.40. The predicted molar refractivity (Wildman–Crippen MR) is 74.6 cm³/mol. The highest BCUT2D eigenvalue weighted by Gasteiger charge is 2.46. The van der Waals surface area contributed by atoms with Crippen molar-refractivity contribution < 1.29 is 9.53 Å². The number of carbonyl (C=O) groups is 1. The maximum Gasteiger partial charge on any atom is 0.323 e. The van der Waals surface area contributed by atoms with Crippen LogP contribution >= 0.6 is 15.9 Å². The molecule has 1 saturated carbocycles. The molecule has 100 valence electrons. The van der Waals surface area contributed by atoms with E-state index in [1.807, 2.05) is 18.2 Å². The minimum atomic E-state index is -0.368. The number of ether oxygens (including phenoxy) is 1. The molecule has 1 unspecified atom stereocenters. The minimum Gasteiger partial charge on any atom is -0.496 e. The summed E-state index contributed by atoms with van der Waals surface area (Å²) >= 11 is 3.43. The highest BCUT2D eigenvalue weighted by atomic mass is 79.9. The molecular weight excluding hydrogens is 310 g/mol. The second-order valence-corrected chi connectivity index (χ2v) is 5.69. The largest absolute Gasteiger partial charge is 0.496 e. The van der Waals surface area contributed by atoms with Crippen LogP contribution in [0.2, 0.25) is 0 Å². The smallest absolute Gasteiger partial charge is 0.323 e. The number of methoxy groups -OCH3 is 1. The summed E-state index contributed by atoms with van der Waals surface area (Å²) in [5.74, 6) is 0.911. The van der Waals surface area contributed by atoms with Gasteiger partial charge in [-0.3, -0.25) is 10.7 Å². The molecule has 5 nitrogen and oxygen atoms in total. The van der Waals surface area contributed by atoms with Gasteiger partial charge in [0.2, 0.25) is 0 Å². The topological polar surface area (TPSA) is 65.4 Å². The normalized spacial score (nSPS) is 22.6. The van der Waals surface area contributed by atoms with Crippen LogP contribution in [0, 0.1) is 5.41 Å². The Morgan fingerprint density at radius 2 is 2.21 bits per heavy atom. The number of nitrogens with one attached hydrogen (secondary N) is 2. The molecule has 0 aromatic heterocycles. The van der Waals surface area contributed by atoms with Gasteiger partial charge in [-0.2, -0.15) is 0 Å². The van der Waals surface area contributed by atoms with Gasteiger partial charge in [0.1, 0.15) is 17.6 Å². The van der Waals surface area contributed by atoms with Crippen LogP contribution in [-0.2, 0) is 0 Å². The zero-order chi connectivity index (χ0) is 13.6. The standard InChI is InChI=1S/C13H14BrN3O2/c1-19-10-5-2-7(14)6-9(10)11-12(15)16-13(18)17(11)8-3-4-8/h2,5-6,8,11H,3-4H2,1H3,(H2,15,16,18). The molecule has 1 aliphatic heterocycles. The Bertz CT molecular complexity index is 557. The number of carbonyl (C=O) groups excluding carboxylic acids is 1. The van der Waals surface area contributed by atoms with Gasteiger partial charge >= 0.3 is 6.03 Å². The number of benzene rings is 1. The zero-order valence-corrected chi connectivity index (χ0v) is 12.0. The van der Waals surface area contributed by atoms with Crippen LogP contribution in [0.15, 0.2) is 22.7 Å². The Balaban J connectivity index is 2.06. The molecule has 2 amide bonds. The Morgan fingerprint density at radius 3 is 2.84 bits per heavy atom. The number of urea groups is 1. The van der Waals surface area contributed by atoms with E-state index in [0.717, 1.165) is 22.9 Å². The van der Waals surface area contributed by atoms with Gasteiger partial charge in [0.25, 0.3) is 0 Å². The first-order chi connectivity index (χ1) is 9.11. The van der Waals surface area contributed by atoms with E-state index in [4.69, 9.17) is 10.1 Å². The van der Waals surface area contributed by atoms with E-state index < -0.39 is 0 Å². The zero-order valence-electron chi connectivity index (χ0n) is 10.4. The molecule has 0 bridgehead atoms. The van der Waals surface area contributed by atoms with Crippen molar-refractivity contribution in [2.45, 2.75) is 24.9 Å². The number of nitrogens with zero attached hydrogens (tertiary/aromatic N) is 1. The molecule has 2 fully saturated rings. The second-order valence-electron chi connectivity index (χ2n) is 4.77. The van der Waals surface area contributed by atoms with E-state index in [0.29, 0.717) is 5.75 Å². The third kappa shape index (κ3) is 2.10. The van der Waals surface area contributed by atoms with Crippen LogP contribution < -0.4 is 10.1 Å². The van der Waals surface area contributed by atoms with Crippen LogP contribution in [-0.4, -0.2) is 29.9 Å². The van der Waals surface area contributed by atoms with Crippen LogP contribution in [0.25, 0.3) is 0 Å². The van der Waals surface area contributed by atoms with E-state index in [2.05, 4.69) is 21.2 Å². The Labute approximate surface area is 119 Å². The monoisotopic (exact) mass is 323 g/mol. The number of amidine groups is 1. The van der Waals surface area contributed by atoms with Crippen molar-refractivity contribution in [3.05, 3.63) is 28.2 Å². The number of halogens is 1. The van der Waals surface area contributed by atoms with Crippen molar-refractivity contribution in [3.63, 3.8) is 0 Å². The van der Waals surface area contributed by atoms with Gasteiger partial charge in [-0.1, -0.05) is 15.9 Å². The summed E-state index contributed by atoms with van der Waals surface area (Å²) in [7, 11) is 1.60. The molecule has 0 spiro atoms. The van der Waals surface area contributed by atoms with Gasteiger partial charge < -0.3 is 9.64 Å². The molecule has 1 aromatic rings. The lowest BCUT2D eigenvalue weighted by Gasteiger charge is -2.24. The van der Waals surface area contributed by atoms with Crippen molar-refractivity contribution in [2.24, 2.45) is 0 Å². The summed E-state index contributed by atoms with van der Waals surface area (Å²) in [5, 5.41) is 10.6. The molecular formula is C13H14BrN3O2. The highest BCUT2D eigenvalue weighted by molar-refractivity contribution is 9.10. The molecule has 1 atom stereocenters. The summed E-state index contributed by atoms with van der Waals surface area (Å²) in [6.07, 6.45) is 2.01. The molecule has 1 heterocycles. The van der Waals surface area contributed by atoms with E-state index >= 15 is 0 Å². The molecule has 6 heteroatoms. The Kier molecular flexibility index (Phi) is 2.97. The third-order valence-corrected chi connectivity index (χ3v) is 3.95. The lowest BCUT2D eigenvalue weighted by Crippen LogP contribution is -2.32. The number of rotatable bonds is 3. The number of hydrogen-bond donors (Lipinski definition) is 2.